The minimum Gasteiger partial charge on any atom is -0.507 e. The van der Waals surface area contributed by atoms with Gasteiger partial charge in [0.15, 0.2) is 11.5 Å². The number of aliphatic hydroxyl groups excluding tert-OH is 1. The van der Waals surface area contributed by atoms with E-state index < -0.39 is 17.7 Å². The fourth-order valence-corrected chi connectivity index (χ4v) is 4.64. The van der Waals surface area contributed by atoms with E-state index in [1.807, 2.05) is 24.3 Å². The summed E-state index contributed by atoms with van der Waals surface area (Å²) in [5.74, 6) is 0.714. The van der Waals surface area contributed by atoms with Crippen LogP contribution in [-0.2, 0) is 9.59 Å². The van der Waals surface area contributed by atoms with Gasteiger partial charge in [0.25, 0.3) is 11.7 Å². The molecule has 2 aliphatic rings. The first kappa shape index (κ1) is 25.4. The molecular formula is C31H31NO6. The minimum absolute atomic E-state index is 0.0285. The molecule has 0 spiro atoms. The molecule has 0 radical (unpaired) electrons. The second kappa shape index (κ2) is 10.2. The van der Waals surface area contributed by atoms with Crippen molar-refractivity contribution >= 4 is 23.1 Å². The predicted molar refractivity (Wildman–Crippen MR) is 145 cm³/mol. The van der Waals surface area contributed by atoms with Gasteiger partial charge in [-0.05, 0) is 59.4 Å². The van der Waals surface area contributed by atoms with E-state index in [0.29, 0.717) is 52.5 Å². The third-order valence-electron chi connectivity index (χ3n) is 6.71. The number of hydrogen-bond acceptors (Lipinski definition) is 6. The van der Waals surface area contributed by atoms with E-state index in [2.05, 4.69) is 27.7 Å². The standard InChI is InChI=1S/C31H31NO6/c1-18(2)16-36-24-12-9-22(10-13-24)29(33)27-28(21-7-5-20(6-8-21)19(3)4)32(31(35)30(27)34)23-11-14-25-26(15-23)38-17-37-25/h5-15,18-19,28,33H,16-17H2,1-4H3/b29-27+. The van der Waals surface area contributed by atoms with Gasteiger partial charge in [0.05, 0.1) is 18.2 Å². The summed E-state index contributed by atoms with van der Waals surface area (Å²) in [6, 6.07) is 19.0. The average Bonchev–Trinajstić information content (AvgIpc) is 3.49. The molecule has 5 rings (SSSR count). The highest BCUT2D eigenvalue weighted by atomic mass is 16.7. The van der Waals surface area contributed by atoms with E-state index in [0.717, 1.165) is 5.56 Å². The van der Waals surface area contributed by atoms with Crippen LogP contribution >= 0.6 is 0 Å². The number of carbonyl (C=O) groups is 2. The summed E-state index contributed by atoms with van der Waals surface area (Å²) in [6.45, 7) is 8.98. The van der Waals surface area contributed by atoms with Crippen molar-refractivity contribution < 1.29 is 28.9 Å². The van der Waals surface area contributed by atoms with E-state index in [-0.39, 0.29) is 18.1 Å². The van der Waals surface area contributed by atoms with Crippen LogP contribution in [0.4, 0.5) is 5.69 Å². The van der Waals surface area contributed by atoms with Gasteiger partial charge < -0.3 is 19.3 Å². The number of carbonyl (C=O) groups excluding carboxylic acids is 2. The van der Waals surface area contributed by atoms with Crippen molar-refractivity contribution in [1.29, 1.82) is 0 Å². The van der Waals surface area contributed by atoms with Crippen molar-refractivity contribution in [3.05, 3.63) is 89.0 Å². The quantitative estimate of drug-likeness (QED) is 0.230. The van der Waals surface area contributed by atoms with Crippen molar-refractivity contribution in [2.24, 2.45) is 5.92 Å². The highest BCUT2D eigenvalue weighted by Gasteiger charge is 2.47. The Kier molecular flexibility index (Phi) is 6.85. The van der Waals surface area contributed by atoms with Crippen LogP contribution in [-0.4, -0.2) is 30.2 Å². The Morgan fingerprint density at radius 1 is 0.947 bits per heavy atom. The SMILES string of the molecule is CC(C)COc1ccc(/C(O)=C2\C(=O)C(=O)N(c3ccc4c(c3)OCO4)C2c2ccc(C(C)C)cc2)cc1. The zero-order valence-electron chi connectivity index (χ0n) is 21.9. The Hall–Kier alpha value is -4.26. The predicted octanol–water partition coefficient (Wildman–Crippen LogP) is 6.20. The molecule has 196 valence electrons. The number of Topliss-reactive ketones (excluding diaryl/α,β-unsaturated/α-hetero) is 1. The Morgan fingerprint density at radius 3 is 2.29 bits per heavy atom. The summed E-state index contributed by atoms with van der Waals surface area (Å²) >= 11 is 0. The van der Waals surface area contributed by atoms with Gasteiger partial charge in [-0.25, -0.2) is 0 Å². The molecule has 2 aliphatic heterocycles. The van der Waals surface area contributed by atoms with Crippen LogP contribution < -0.4 is 19.1 Å². The van der Waals surface area contributed by atoms with Crippen LogP contribution in [0.3, 0.4) is 0 Å². The second-order valence-electron chi connectivity index (χ2n) is 10.3. The summed E-state index contributed by atoms with van der Waals surface area (Å²) in [7, 11) is 0. The molecule has 7 heteroatoms. The van der Waals surface area contributed by atoms with Crippen LogP contribution in [0.5, 0.6) is 17.2 Å². The molecule has 1 saturated heterocycles. The Labute approximate surface area is 222 Å². The maximum absolute atomic E-state index is 13.5. The van der Waals surface area contributed by atoms with Crippen LogP contribution in [0.25, 0.3) is 5.76 Å². The van der Waals surface area contributed by atoms with Gasteiger partial charge in [0.2, 0.25) is 6.79 Å². The highest BCUT2D eigenvalue weighted by molar-refractivity contribution is 6.51. The van der Waals surface area contributed by atoms with E-state index >= 15 is 0 Å². The van der Waals surface area contributed by atoms with Crippen molar-refractivity contribution in [2.45, 2.75) is 39.7 Å². The normalized spacial score (nSPS) is 18.1. The molecule has 3 aromatic carbocycles. The number of nitrogens with zero attached hydrogens (tertiary/aromatic N) is 1. The summed E-state index contributed by atoms with van der Waals surface area (Å²) in [5, 5.41) is 11.4. The molecule has 1 fully saturated rings. The van der Waals surface area contributed by atoms with Gasteiger partial charge in [-0.3, -0.25) is 14.5 Å². The Morgan fingerprint density at radius 2 is 1.63 bits per heavy atom. The Balaban J connectivity index is 1.60. The average molecular weight is 514 g/mol. The zero-order chi connectivity index (χ0) is 27.0. The lowest BCUT2D eigenvalue weighted by atomic mass is 9.93. The number of ketones is 1. The molecule has 1 N–H and O–H groups in total. The number of amides is 1. The highest BCUT2D eigenvalue weighted by Crippen LogP contribution is 2.45. The number of benzene rings is 3. The number of rotatable bonds is 7. The molecule has 2 heterocycles. The second-order valence-corrected chi connectivity index (χ2v) is 10.3. The monoisotopic (exact) mass is 513 g/mol. The third-order valence-corrected chi connectivity index (χ3v) is 6.71. The van der Waals surface area contributed by atoms with Gasteiger partial charge in [-0.2, -0.15) is 0 Å². The van der Waals surface area contributed by atoms with E-state index in [1.54, 1.807) is 42.5 Å². The lowest BCUT2D eigenvalue weighted by Gasteiger charge is -2.26. The number of fused-ring (bicyclic) bond motifs is 1. The first-order valence-electron chi connectivity index (χ1n) is 12.8. The van der Waals surface area contributed by atoms with Crippen LogP contribution in [0.2, 0.25) is 0 Å². The lowest BCUT2D eigenvalue weighted by molar-refractivity contribution is -0.132. The lowest BCUT2D eigenvalue weighted by Crippen LogP contribution is -2.29. The van der Waals surface area contributed by atoms with Gasteiger partial charge in [0, 0.05) is 17.3 Å². The molecule has 0 aliphatic carbocycles. The summed E-state index contributed by atoms with van der Waals surface area (Å²) in [5.41, 5.74) is 2.77. The first-order chi connectivity index (χ1) is 18.2. The topological polar surface area (TPSA) is 85.3 Å². The molecule has 38 heavy (non-hydrogen) atoms. The fourth-order valence-electron chi connectivity index (χ4n) is 4.64. The molecular weight excluding hydrogens is 482 g/mol. The van der Waals surface area contributed by atoms with Crippen molar-refractivity contribution in [2.75, 3.05) is 18.3 Å². The Bertz CT molecular complexity index is 1390. The van der Waals surface area contributed by atoms with E-state index in [1.165, 1.54) is 4.90 Å². The van der Waals surface area contributed by atoms with Gasteiger partial charge in [-0.1, -0.05) is 52.0 Å². The number of hydrogen-bond donors (Lipinski definition) is 1. The molecule has 1 amide bonds. The summed E-state index contributed by atoms with van der Waals surface area (Å²) in [4.78, 5) is 28.3. The third kappa shape index (κ3) is 4.72. The van der Waals surface area contributed by atoms with Crippen LogP contribution in [0, 0.1) is 5.92 Å². The maximum Gasteiger partial charge on any atom is 0.300 e. The van der Waals surface area contributed by atoms with E-state index in [4.69, 9.17) is 14.2 Å². The molecule has 7 nitrogen and oxygen atoms in total. The van der Waals surface area contributed by atoms with Crippen molar-refractivity contribution in [3.8, 4) is 17.2 Å². The molecule has 0 saturated carbocycles. The molecule has 0 aromatic heterocycles. The van der Waals surface area contributed by atoms with Gasteiger partial charge >= 0.3 is 0 Å². The molecule has 1 unspecified atom stereocenters. The van der Waals surface area contributed by atoms with Gasteiger partial charge in [-0.15, -0.1) is 0 Å². The van der Waals surface area contributed by atoms with Crippen molar-refractivity contribution in [3.63, 3.8) is 0 Å². The molecule has 3 aromatic rings. The maximum atomic E-state index is 13.5. The zero-order valence-corrected chi connectivity index (χ0v) is 21.9. The first-order valence-corrected chi connectivity index (χ1v) is 12.8. The van der Waals surface area contributed by atoms with E-state index in [9.17, 15) is 14.7 Å². The number of anilines is 1. The molecule has 0 bridgehead atoms. The summed E-state index contributed by atoms with van der Waals surface area (Å²) in [6.07, 6.45) is 0. The van der Waals surface area contributed by atoms with Crippen LogP contribution in [0.1, 0.15) is 56.3 Å². The minimum atomic E-state index is -0.826. The molecule has 1 atom stereocenters. The van der Waals surface area contributed by atoms with Gasteiger partial charge in [0.1, 0.15) is 11.5 Å². The number of aliphatic hydroxyl groups is 1. The van der Waals surface area contributed by atoms with Crippen molar-refractivity contribution in [1.82, 2.24) is 0 Å². The number of ether oxygens (including phenoxy) is 3. The van der Waals surface area contributed by atoms with Crippen LogP contribution in [0.15, 0.2) is 72.3 Å². The largest absolute Gasteiger partial charge is 0.507 e. The summed E-state index contributed by atoms with van der Waals surface area (Å²) < 4.78 is 16.7. The smallest absolute Gasteiger partial charge is 0.300 e. The fraction of sp³-hybridized carbons (Fsp3) is 0.290.